The Morgan fingerprint density at radius 3 is 2.62 bits per heavy atom. The zero-order chi connectivity index (χ0) is 15.2. The maximum atomic E-state index is 10.9. The van der Waals surface area contributed by atoms with Crippen molar-refractivity contribution in [2.45, 2.75) is 6.61 Å². The summed E-state index contributed by atoms with van der Waals surface area (Å²) in [6.07, 6.45) is 0.763. The molecule has 0 aliphatic heterocycles. The predicted molar refractivity (Wildman–Crippen MR) is 83.4 cm³/mol. The number of rotatable bonds is 6. The van der Waals surface area contributed by atoms with Gasteiger partial charge in [-0.25, -0.2) is 0 Å². The maximum Gasteiger partial charge on any atom is 0.175 e. The molecule has 0 aliphatic rings. The molecule has 0 saturated heterocycles. The molecule has 0 spiro atoms. The van der Waals surface area contributed by atoms with Gasteiger partial charge >= 0.3 is 0 Å². The lowest BCUT2D eigenvalue weighted by atomic mass is 10.2. The number of hydrogen-bond donors (Lipinski definition) is 0. The molecule has 0 radical (unpaired) electrons. The fourth-order valence-electron chi connectivity index (χ4n) is 1.87. The number of methoxy groups -OCH3 is 2. The van der Waals surface area contributed by atoms with E-state index in [2.05, 4.69) is 15.9 Å². The molecule has 2 aromatic rings. The van der Waals surface area contributed by atoms with Crippen molar-refractivity contribution in [1.29, 1.82) is 0 Å². The highest BCUT2D eigenvalue weighted by atomic mass is 79.9. The van der Waals surface area contributed by atoms with Crippen LogP contribution in [0.5, 0.6) is 17.2 Å². The van der Waals surface area contributed by atoms with E-state index >= 15 is 0 Å². The van der Waals surface area contributed by atoms with Gasteiger partial charge in [0.15, 0.2) is 11.5 Å². The lowest BCUT2D eigenvalue weighted by Gasteiger charge is -2.13. The standard InChI is InChI=1S/C16H15BrO4/c1-19-13-5-3-4-11(6-13)10-21-16-14(17)7-12(9-18)8-15(16)20-2/h3-9H,10H2,1-2H3. The minimum Gasteiger partial charge on any atom is -0.497 e. The molecule has 0 atom stereocenters. The van der Waals surface area contributed by atoms with Gasteiger partial charge in [-0.05, 0) is 45.8 Å². The van der Waals surface area contributed by atoms with E-state index in [-0.39, 0.29) is 0 Å². The van der Waals surface area contributed by atoms with Crippen molar-refractivity contribution >= 4 is 22.2 Å². The summed E-state index contributed by atoms with van der Waals surface area (Å²) in [6.45, 7) is 0.368. The van der Waals surface area contributed by atoms with Gasteiger partial charge in [-0.2, -0.15) is 0 Å². The normalized spacial score (nSPS) is 10.0. The van der Waals surface area contributed by atoms with E-state index < -0.39 is 0 Å². The molecule has 2 rings (SSSR count). The van der Waals surface area contributed by atoms with Crippen LogP contribution in [0.15, 0.2) is 40.9 Å². The van der Waals surface area contributed by atoms with E-state index in [0.717, 1.165) is 17.6 Å². The first-order valence-corrected chi connectivity index (χ1v) is 7.05. The number of carbonyl (C=O) groups is 1. The summed E-state index contributed by atoms with van der Waals surface area (Å²) < 4.78 is 16.9. The van der Waals surface area contributed by atoms with Crippen LogP contribution < -0.4 is 14.2 Å². The van der Waals surface area contributed by atoms with Gasteiger partial charge in [-0.1, -0.05) is 12.1 Å². The third kappa shape index (κ3) is 3.76. The summed E-state index contributed by atoms with van der Waals surface area (Å²) in [5.41, 5.74) is 1.50. The van der Waals surface area contributed by atoms with E-state index in [1.54, 1.807) is 19.2 Å². The second kappa shape index (κ2) is 7.13. The fraction of sp³-hybridized carbons (Fsp3) is 0.188. The molecular weight excluding hydrogens is 336 g/mol. The minimum absolute atomic E-state index is 0.368. The third-order valence-corrected chi connectivity index (χ3v) is 3.49. The molecule has 0 amide bonds. The van der Waals surface area contributed by atoms with Crippen molar-refractivity contribution in [1.82, 2.24) is 0 Å². The Bertz CT molecular complexity index is 640. The van der Waals surface area contributed by atoms with Crippen molar-refractivity contribution < 1.29 is 19.0 Å². The number of hydrogen-bond acceptors (Lipinski definition) is 4. The third-order valence-electron chi connectivity index (χ3n) is 2.91. The fourth-order valence-corrected chi connectivity index (χ4v) is 2.44. The number of ether oxygens (including phenoxy) is 3. The molecule has 4 nitrogen and oxygen atoms in total. The summed E-state index contributed by atoms with van der Waals surface area (Å²) in [7, 11) is 3.16. The first-order chi connectivity index (χ1) is 10.2. The van der Waals surface area contributed by atoms with Gasteiger partial charge in [0.25, 0.3) is 0 Å². The molecule has 0 aliphatic carbocycles. The molecule has 0 fully saturated rings. The average Bonchev–Trinajstić information content (AvgIpc) is 2.53. The highest BCUT2D eigenvalue weighted by Gasteiger charge is 2.12. The van der Waals surface area contributed by atoms with Gasteiger partial charge < -0.3 is 14.2 Å². The molecule has 0 saturated carbocycles. The molecule has 0 bridgehead atoms. The Hall–Kier alpha value is -2.01. The smallest absolute Gasteiger partial charge is 0.175 e. The highest BCUT2D eigenvalue weighted by molar-refractivity contribution is 9.10. The monoisotopic (exact) mass is 350 g/mol. The lowest BCUT2D eigenvalue weighted by Crippen LogP contribution is -2.00. The average molecular weight is 351 g/mol. The van der Waals surface area contributed by atoms with Gasteiger partial charge in [0.1, 0.15) is 18.6 Å². The Labute approximate surface area is 131 Å². The number of carbonyl (C=O) groups excluding carboxylic acids is 1. The molecule has 21 heavy (non-hydrogen) atoms. The van der Waals surface area contributed by atoms with Crippen molar-refractivity contribution in [3.63, 3.8) is 0 Å². The van der Waals surface area contributed by atoms with Crippen LogP contribution >= 0.6 is 15.9 Å². The molecule has 0 N–H and O–H groups in total. The van der Waals surface area contributed by atoms with Crippen LogP contribution in [-0.2, 0) is 6.61 Å². The second-order valence-electron chi connectivity index (χ2n) is 4.29. The van der Waals surface area contributed by atoms with Crippen LogP contribution in [0.1, 0.15) is 15.9 Å². The van der Waals surface area contributed by atoms with Crippen LogP contribution in [0.3, 0.4) is 0 Å². The summed E-state index contributed by atoms with van der Waals surface area (Å²) in [6, 6.07) is 11.0. The van der Waals surface area contributed by atoms with Gasteiger partial charge in [-0.3, -0.25) is 4.79 Å². The Morgan fingerprint density at radius 2 is 1.95 bits per heavy atom. The van der Waals surface area contributed by atoms with Crippen molar-refractivity contribution in [2.24, 2.45) is 0 Å². The second-order valence-corrected chi connectivity index (χ2v) is 5.15. The molecule has 2 aromatic carbocycles. The molecular formula is C16H15BrO4. The number of benzene rings is 2. The summed E-state index contributed by atoms with van der Waals surface area (Å²) >= 11 is 3.39. The van der Waals surface area contributed by atoms with E-state index in [1.165, 1.54) is 7.11 Å². The van der Waals surface area contributed by atoms with Gasteiger partial charge in [-0.15, -0.1) is 0 Å². The zero-order valence-corrected chi connectivity index (χ0v) is 13.3. The van der Waals surface area contributed by atoms with Crippen LogP contribution in [0.2, 0.25) is 0 Å². The molecule has 0 heterocycles. The van der Waals surface area contributed by atoms with Crippen LogP contribution in [0.25, 0.3) is 0 Å². The molecule has 0 unspecified atom stereocenters. The molecule has 110 valence electrons. The van der Waals surface area contributed by atoms with E-state index in [4.69, 9.17) is 14.2 Å². The Morgan fingerprint density at radius 1 is 1.14 bits per heavy atom. The lowest BCUT2D eigenvalue weighted by molar-refractivity contribution is 0.112. The predicted octanol–water partition coefficient (Wildman–Crippen LogP) is 3.86. The van der Waals surface area contributed by atoms with Gasteiger partial charge in [0.05, 0.1) is 18.7 Å². The van der Waals surface area contributed by atoms with Crippen LogP contribution in [0, 0.1) is 0 Å². The van der Waals surface area contributed by atoms with Crippen LogP contribution in [0.4, 0.5) is 0 Å². The SMILES string of the molecule is COc1cccc(COc2c(Br)cc(C=O)cc2OC)c1. The van der Waals surface area contributed by atoms with Gasteiger partial charge in [0.2, 0.25) is 0 Å². The van der Waals surface area contributed by atoms with Crippen molar-refractivity contribution in [2.75, 3.05) is 14.2 Å². The number of aldehydes is 1. The van der Waals surface area contributed by atoms with Crippen molar-refractivity contribution in [3.8, 4) is 17.2 Å². The maximum absolute atomic E-state index is 10.9. The minimum atomic E-state index is 0.368. The summed E-state index contributed by atoms with van der Waals surface area (Å²) in [5, 5.41) is 0. The zero-order valence-electron chi connectivity index (χ0n) is 11.8. The largest absolute Gasteiger partial charge is 0.497 e. The Kier molecular flexibility index (Phi) is 5.22. The molecule has 0 aromatic heterocycles. The number of halogens is 1. The first kappa shape index (κ1) is 15.4. The van der Waals surface area contributed by atoms with E-state index in [1.807, 2.05) is 24.3 Å². The quantitative estimate of drug-likeness (QED) is 0.742. The first-order valence-electron chi connectivity index (χ1n) is 6.26. The topological polar surface area (TPSA) is 44.8 Å². The van der Waals surface area contributed by atoms with E-state index in [0.29, 0.717) is 28.1 Å². The van der Waals surface area contributed by atoms with E-state index in [9.17, 15) is 4.79 Å². The summed E-state index contributed by atoms with van der Waals surface area (Å²) in [4.78, 5) is 10.9. The Balaban J connectivity index is 2.21. The van der Waals surface area contributed by atoms with Crippen LogP contribution in [-0.4, -0.2) is 20.5 Å². The van der Waals surface area contributed by atoms with Crippen molar-refractivity contribution in [3.05, 3.63) is 52.0 Å². The van der Waals surface area contributed by atoms with Gasteiger partial charge in [0, 0.05) is 5.56 Å². The summed E-state index contributed by atoms with van der Waals surface area (Å²) in [5.74, 6) is 1.85. The molecule has 5 heteroatoms. The highest BCUT2D eigenvalue weighted by Crippen LogP contribution is 2.36.